The first-order chi connectivity index (χ1) is 7.42. The van der Waals surface area contributed by atoms with Crippen LogP contribution < -0.4 is 0 Å². The molecule has 0 atom stereocenters. The molecule has 0 aliphatic rings. The van der Waals surface area contributed by atoms with Crippen LogP contribution in [0, 0.1) is 0 Å². The average Bonchev–Trinajstić information content (AvgIpc) is 2.17. The van der Waals surface area contributed by atoms with Crippen LogP contribution in [-0.4, -0.2) is 11.4 Å². The summed E-state index contributed by atoms with van der Waals surface area (Å²) >= 11 is 8.57. The van der Waals surface area contributed by atoms with Crippen LogP contribution in [0.15, 0.2) is 27.6 Å². The molecule has 0 saturated heterocycles. The number of rotatable bonds is 4. The molecule has 0 heterocycles. The molecule has 0 bridgehead atoms. The van der Waals surface area contributed by atoms with Gasteiger partial charge >= 0.3 is 5.51 Å². The van der Waals surface area contributed by atoms with E-state index < -0.39 is 5.51 Å². The van der Waals surface area contributed by atoms with E-state index in [0.29, 0.717) is 10.4 Å². The maximum atomic E-state index is 12.1. The first-order valence-corrected chi connectivity index (χ1v) is 6.67. The molecule has 0 spiro atoms. The normalized spacial score (nSPS) is 11.8. The fourth-order valence-electron chi connectivity index (χ4n) is 1.18. The highest BCUT2D eigenvalue weighted by Crippen LogP contribution is 2.40. The third kappa shape index (κ3) is 4.97. The number of alkyl halides is 4. The molecule has 6 heteroatoms. The molecule has 0 fully saturated rings. The molecule has 0 aromatic heterocycles. The maximum absolute atomic E-state index is 12.1. The van der Waals surface area contributed by atoms with Crippen molar-refractivity contribution >= 4 is 39.3 Å². The summed E-state index contributed by atoms with van der Waals surface area (Å²) < 4.78 is 36.9. The quantitative estimate of drug-likeness (QED) is 0.537. The Bertz CT molecular complexity index is 354. The standard InChI is InChI=1S/C10H9BrClF3S/c11-8-6-7(2-1-5-12)3-4-9(8)16-10(13,14)15/h3-4,6H,1-2,5H2. The topological polar surface area (TPSA) is 0 Å². The largest absolute Gasteiger partial charge is 0.446 e. The summed E-state index contributed by atoms with van der Waals surface area (Å²) in [5.41, 5.74) is -3.26. The molecular formula is C10H9BrClF3S. The number of aryl methyl sites for hydroxylation is 1. The van der Waals surface area contributed by atoms with Gasteiger partial charge in [0.2, 0.25) is 0 Å². The van der Waals surface area contributed by atoms with Crippen LogP contribution in [0.1, 0.15) is 12.0 Å². The predicted octanol–water partition coefficient (Wildman–Crippen LogP) is 5.23. The second-order valence-electron chi connectivity index (χ2n) is 3.11. The molecule has 0 N–H and O–H groups in total. The molecule has 0 nitrogen and oxygen atoms in total. The molecule has 16 heavy (non-hydrogen) atoms. The second-order valence-corrected chi connectivity index (χ2v) is 5.44. The van der Waals surface area contributed by atoms with Gasteiger partial charge in [-0.2, -0.15) is 13.2 Å². The van der Waals surface area contributed by atoms with Crippen molar-refractivity contribution in [3.05, 3.63) is 28.2 Å². The molecule has 0 amide bonds. The lowest BCUT2D eigenvalue weighted by atomic mass is 10.1. The molecule has 0 aliphatic heterocycles. The van der Waals surface area contributed by atoms with Crippen LogP contribution in [0.4, 0.5) is 13.2 Å². The van der Waals surface area contributed by atoms with Gasteiger partial charge in [-0.3, -0.25) is 0 Å². The average molecular weight is 334 g/mol. The van der Waals surface area contributed by atoms with Crippen molar-refractivity contribution in [3.63, 3.8) is 0 Å². The minimum atomic E-state index is -4.25. The Morgan fingerprint density at radius 1 is 1.31 bits per heavy atom. The fraction of sp³-hybridized carbons (Fsp3) is 0.400. The van der Waals surface area contributed by atoms with Gasteiger partial charge in [-0.1, -0.05) is 6.07 Å². The van der Waals surface area contributed by atoms with Crippen molar-refractivity contribution in [2.75, 3.05) is 5.88 Å². The Kier molecular flexibility index (Phi) is 5.47. The molecule has 1 rings (SSSR count). The number of halogens is 5. The van der Waals surface area contributed by atoms with Gasteiger partial charge in [-0.15, -0.1) is 11.6 Å². The number of hydrogen-bond acceptors (Lipinski definition) is 1. The van der Waals surface area contributed by atoms with E-state index in [4.69, 9.17) is 11.6 Å². The molecular weight excluding hydrogens is 325 g/mol. The van der Waals surface area contributed by atoms with Crippen LogP contribution in [0.3, 0.4) is 0 Å². The van der Waals surface area contributed by atoms with Gasteiger partial charge in [0.1, 0.15) is 0 Å². The van der Waals surface area contributed by atoms with Crippen molar-refractivity contribution in [2.24, 2.45) is 0 Å². The highest BCUT2D eigenvalue weighted by Gasteiger charge is 2.30. The predicted molar refractivity (Wildman–Crippen MR) is 65.1 cm³/mol. The van der Waals surface area contributed by atoms with E-state index in [1.54, 1.807) is 12.1 Å². The molecule has 0 radical (unpaired) electrons. The summed E-state index contributed by atoms with van der Waals surface area (Å²) in [6, 6.07) is 4.89. The smallest absolute Gasteiger partial charge is 0.160 e. The van der Waals surface area contributed by atoms with E-state index in [2.05, 4.69) is 15.9 Å². The number of thioether (sulfide) groups is 1. The highest BCUT2D eigenvalue weighted by molar-refractivity contribution is 9.10. The maximum Gasteiger partial charge on any atom is 0.446 e. The van der Waals surface area contributed by atoms with Gasteiger partial charge in [0.05, 0.1) is 0 Å². The van der Waals surface area contributed by atoms with Crippen LogP contribution in [0.5, 0.6) is 0 Å². The lowest BCUT2D eigenvalue weighted by Crippen LogP contribution is -1.99. The minimum absolute atomic E-state index is 0.113. The van der Waals surface area contributed by atoms with Gasteiger partial charge in [-0.25, -0.2) is 0 Å². The zero-order valence-corrected chi connectivity index (χ0v) is 11.3. The molecule has 0 aliphatic carbocycles. The van der Waals surface area contributed by atoms with E-state index >= 15 is 0 Å². The van der Waals surface area contributed by atoms with E-state index in [1.165, 1.54) is 6.07 Å². The van der Waals surface area contributed by atoms with Crippen molar-refractivity contribution < 1.29 is 13.2 Å². The van der Waals surface area contributed by atoms with Gasteiger partial charge in [0, 0.05) is 15.2 Å². The third-order valence-corrected chi connectivity index (χ3v) is 3.81. The van der Waals surface area contributed by atoms with E-state index in [0.717, 1.165) is 18.4 Å². The minimum Gasteiger partial charge on any atom is -0.160 e. The summed E-state index contributed by atoms with van der Waals surface area (Å²) in [6.07, 6.45) is 1.60. The van der Waals surface area contributed by atoms with E-state index in [-0.39, 0.29) is 16.7 Å². The van der Waals surface area contributed by atoms with E-state index in [9.17, 15) is 13.2 Å². The van der Waals surface area contributed by atoms with Crippen molar-refractivity contribution in [3.8, 4) is 0 Å². The zero-order valence-electron chi connectivity index (χ0n) is 8.15. The van der Waals surface area contributed by atoms with Crippen LogP contribution >= 0.6 is 39.3 Å². The summed E-state index contributed by atoms with van der Waals surface area (Å²) in [5.74, 6) is 0.552. The van der Waals surface area contributed by atoms with E-state index in [1.807, 2.05) is 0 Å². The number of hydrogen-bond donors (Lipinski definition) is 0. The first-order valence-electron chi connectivity index (χ1n) is 4.52. The van der Waals surface area contributed by atoms with Crippen LogP contribution in [-0.2, 0) is 6.42 Å². The molecule has 1 aromatic carbocycles. The Hall–Kier alpha value is 0.130. The number of benzene rings is 1. The van der Waals surface area contributed by atoms with Crippen LogP contribution in [0.25, 0.3) is 0 Å². The summed E-state index contributed by atoms with van der Waals surface area (Å²) in [6.45, 7) is 0. The monoisotopic (exact) mass is 332 g/mol. The van der Waals surface area contributed by atoms with Gasteiger partial charge in [0.25, 0.3) is 0 Å². The lowest BCUT2D eigenvalue weighted by Gasteiger charge is -2.09. The molecule has 0 saturated carbocycles. The van der Waals surface area contributed by atoms with Gasteiger partial charge in [-0.05, 0) is 58.2 Å². The van der Waals surface area contributed by atoms with Crippen LogP contribution in [0.2, 0.25) is 0 Å². The summed E-state index contributed by atoms with van der Waals surface area (Å²) in [5, 5.41) is 0. The first kappa shape index (κ1) is 14.2. The van der Waals surface area contributed by atoms with Crippen molar-refractivity contribution in [1.82, 2.24) is 0 Å². The molecule has 1 aromatic rings. The Morgan fingerprint density at radius 2 is 2.00 bits per heavy atom. The summed E-state index contributed by atoms with van der Waals surface area (Å²) in [4.78, 5) is 0.183. The highest BCUT2D eigenvalue weighted by atomic mass is 79.9. The molecule has 90 valence electrons. The Labute approximate surface area is 110 Å². The third-order valence-electron chi connectivity index (χ3n) is 1.82. The lowest BCUT2D eigenvalue weighted by molar-refractivity contribution is -0.0328. The SMILES string of the molecule is FC(F)(F)Sc1ccc(CCCCl)cc1Br. The fourth-order valence-corrected chi connectivity index (χ4v) is 2.52. The van der Waals surface area contributed by atoms with Crippen molar-refractivity contribution in [1.29, 1.82) is 0 Å². The molecule has 0 unspecified atom stereocenters. The van der Waals surface area contributed by atoms with Gasteiger partial charge in [0.15, 0.2) is 0 Å². The Balaban J connectivity index is 2.75. The van der Waals surface area contributed by atoms with Crippen molar-refractivity contribution in [2.45, 2.75) is 23.2 Å². The van der Waals surface area contributed by atoms with Gasteiger partial charge < -0.3 is 0 Å². The zero-order chi connectivity index (χ0) is 12.2. The second kappa shape index (κ2) is 6.17. The summed E-state index contributed by atoms with van der Waals surface area (Å²) in [7, 11) is 0. The Morgan fingerprint density at radius 3 is 2.50 bits per heavy atom.